The second-order valence-corrected chi connectivity index (χ2v) is 10.9. The third-order valence-electron chi connectivity index (χ3n) is 6.90. The molecule has 3 aliphatic rings. The fraction of sp³-hybridized carbons (Fsp3) is 0.654. The quantitative estimate of drug-likeness (QED) is 0.483. The molecule has 2 N–H and O–H groups in total. The molecule has 3 aliphatic heterocycles. The molecule has 11 heteroatoms. The van der Waals surface area contributed by atoms with E-state index in [1.807, 2.05) is 56.0 Å². The van der Waals surface area contributed by atoms with Gasteiger partial charge in [-0.2, -0.15) is 5.06 Å². The van der Waals surface area contributed by atoms with Crippen LogP contribution in [0.3, 0.4) is 0 Å². The van der Waals surface area contributed by atoms with Crippen LogP contribution in [0.1, 0.15) is 45.6 Å². The zero-order chi connectivity index (χ0) is 26.4. The molecule has 0 spiro atoms. The van der Waals surface area contributed by atoms with Crippen LogP contribution >= 0.6 is 0 Å². The van der Waals surface area contributed by atoms with E-state index in [0.717, 1.165) is 18.4 Å². The van der Waals surface area contributed by atoms with Gasteiger partial charge in [0.05, 0.1) is 6.04 Å². The summed E-state index contributed by atoms with van der Waals surface area (Å²) in [5.74, 6) is -0.0937. The van der Waals surface area contributed by atoms with Gasteiger partial charge in [-0.15, -0.1) is 0 Å². The van der Waals surface area contributed by atoms with Crippen molar-refractivity contribution >= 4 is 18.0 Å². The number of urea groups is 1. The smallest absolute Gasteiger partial charge is 0.410 e. The molecule has 0 saturated carbocycles. The monoisotopic (exact) mass is 516 g/mol. The van der Waals surface area contributed by atoms with E-state index in [1.54, 1.807) is 4.90 Å². The van der Waals surface area contributed by atoms with Crippen molar-refractivity contribution in [1.29, 1.82) is 0 Å². The van der Waals surface area contributed by atoms with Gasteiger partial charge < -0.3 is 14.5 Å². The van der Waals surface area contributed by atoms with Crippen molar-refractivity contribution in [3.8, 4) is 0 Å². The molecule has 0 aromatic heterocycles. The van der Waals surface area contributed by atoms with Gasteiger partial charge in [0.1, 0.15) is 12.2 Å². The fourth-order valence-corrected chi connectivity index (χ4v) is 4.88. The van der Waals surface area contributed by atoms with Crippen LogP contribution in [0.2, 0.25) is 0 Å². The Morgan fingerprint density at radius 1 is 1.05 bits per heavy atom. The van der Waals surface area contributed by atoms with Crippen LogP contribution in [0.25, 0.3) is 0 Å². The Morgan fingerprint density at radius 3 is 2.49 bits per heavy atom. The number of hydrogen-bond donors (Lipinski definition) is 2. The Morgan fingerprint density at radius 2 is 1.78 bits per heavy atom. The summed E-state index contributed by atoms with van der Waals surface area (Å²) in [7, 11) is 0. The number of fused-ring (bicyclic) bond motifs is 2. The van der Waals surface area contributed by atoms with E-state index >= 15 is 0 Å². The van der Waals surface area contributed by atoms with Gasteiger partial charge in [-0.3, -0.25) is 20.0 Å². The Balaban J connectivity index is 1.11. The van der Waals surface area contributed by atoms with Gasteiger partial charge in [-0.1, -0.05) is 30.3 Å². The van der Waals surface area contributed by atoms with Crippen molar-refractivity contribution in [2.45, 2.75) is 64.3 Å². The minimum Gasteiger partial charge on any atom is -0.444 e. The van der Waals surface area contributed by atoms with Crippen LogP contribution < -0.4 is 10.9 Å². The first-order chi connectivity index (χ1) is 17.7. The summed E-state index contributed by atoms with van der Waals surface area (Å²) in [5, 5.41) is 1.52. The van der Waals surface area contributed by atoms with Crippen LogP contribution in [-0.2, 0) is 21.0 Å². The molecule has 11 nitrogen and oxygen atoms in total. The maximum atomic E-state index is 12.9. The number of nitrogens with one attached hydrogen (secondary N) is 2. The highest BCUT2D eigenvalue weighted by molar-refractivity contribution is 5.77. The predicted octanol–water partition coefficient (Wildman–Crippen LogP) is 1.95. The van der Waals surface area contributed by atoms with E-state index in [0.29, 0.717) is 58.8 Å². The Hall–Kier alpha value is -2.89. The molecule has 2 atom stereocenters. The number of ether oxygens (including phenoxy) is 1. The number of amides is 4. The highest BCUT2D eigenvalue weighted by Gasteiger charge is 2.45. The number of hydrogen-bond acceptors (Lipinski definition) is 7. The molecule has 1 unspecified atom stereocenters. The van der Waals surface area contributed by atoms with Crippen molar-refractivity contribution < 1.29 is 24.0 Å². The molecular formula is C26H40N6O5. The second kappa shape index (κ2) is 12.1. The second-order valence-electron chi connectivity index (χ2n) is 10.9. The number of piperidine rings is 1. The van der Waals surface area contributed by atoms with Crippen molar-refractivity contribution in [1.82, 2.24) is 30.6 Å². The molecule has 37 heavy (non-hydrogen) atoms. The van der Waals surface area contributed by atoms with E-state index in [2.05, 4.69) is 15.8 Å². The topological polar surface area (TPSA) is 107 Å². The van der Waals surface area contributed by atoms with Crippen LogP contribution in [-0.4, -0.2) is 101 Å². The highest BCUT2D eigenvalue weighted by atomic mass is 16.7. The normalized spacial score (nSPS) is 22.4. The van der Waals surface area contributed by atoms with E-state index in [-0.39, 0.29) is 30.1 Å². The summed E-state index contributed by atoms with van der Waals surface area (Å²) in [4.78, 5) is 49.0. The lowest BCUT2D eigenvalue weighted by Gasteiger charge is -2.35. The van der Waals surface area contributed by atoms with Crippen LogP contribution in [0.5, 0.6) is 0 Å². The number of rotatable bonds is 9. The average molecular weight is 517 g/mol. The third-order valence-corrected chi connectivity index (χ3v) is 6.90. The lowest BCUT2D eigenvalue weighted by Crippen LogP contribution is -2.51. The molecule has 0 radical (unpaired) electrons. The van der Waals surface area contributed by atoms with Gasteiger partial charge in [0, 0.05) is 58.3 Å². The predicted molar refractivity (Wildman–Crippen MR) is 137 cm³/mol. The summed E-state index contributed by atoms with van der Waals surface area (Å²) in [5.41, 5.74) is 6.31. The molecule has 3 heterocycles. The number of benzene rings is 1. The summed E-state index contributed by atoms with van der Waals surface area (Å²) < 4.78 is 5.43. The number of piperazine rings is 1. The number of hydrazine groups is 1. The van der Waals surface area contributed by atoms with Gasteiger partial charge in [0.15, 0.2) is 0 Å². The van der Waals surface area contributed by atoms with Crippen LogP contribution in [0.4, 0.5) is 9.59 Å². The maximum Gasteiger partial charge on any atom is 0.410 e. The van der Waals surface area contributed by atoms with E-state index < -0.39 is 5.60 Å². The molecule has 3 saturated heterocycles. The third kappa shape index (κ3) is 7.56. The Bertz CT molecular complexity index is 931. The summed E-state index contributed by atoms with van der Waals surface area (Å²) >= 11 is 0. The molecule has 4 amide bonds. The molecular weight excluding hydrogens is 476 g/mol. The standard InChI is InChI=1S/C26H40N6O5/c1-26(2,3)37-25(35)30-15-13-29(14-16-30)12-11-23(33)28-27-17-21-9-10-22-18-31(21)24(34)32(22)36-19-20-7-5-4-6-8-20/h4-8,21-22,27H,9-19H2,1-3H3,(H,28,33)/t21?,22-/m1/s1. The molecule has 2 bridgehead atoms. The molecule has 3 fully saturated rings. The molecule has 204 valence electrons. The minimum atomic E-state index is -0.504. The molecule has 0 aliphatic carbocycles. The fourth-order valence-electron chi connectivity index (χ4n) is 4.88. The van der Waals surface area contributed by atoms with E-state index in [4.69, 9.17) is 9.57 Å². The Kier molecular flexibility index (Phi) is 8.88. The lowest BCUT2D eigenvalue weighted by atomic mass is 10.0. The van der Waals surface area contributed by atoms with E-state index in [9.17, 15) is 14.4 Å². The van der Waals surface area contributed by atoms with Crippen LogP contribution in [0.15, 0.2) is 30.3 Å². The Labute approximate surface area is 218 Å². The van der Waals surface area contributed by atoms with Gasteiger partial charge in [0.25, 0.3) is 0 Å². The van der Waals surface area contributed by atoms with Crippen molar-refractivity contribution in [2.24, 2.45) is 0 Å². The first kappa shape index (κ1) is 27.2. The van der Waals surface area contributed by atoms with Crippen molar-refractivity contribution in [3.05, 3.63) is 35.9 Å². The summed E-state index contributed by atoms with van der Waals surface area (Å²) in [6, 6.07) is 9.78. The number of hydroxylamine groups is 2. The summed E-state index contributed by atoms with van der Waals surface area (Å²) in [6.45, 7) is 10.3. The maximum absolute atomic E-state index is 12.9. The largest absolute Gasteiger partial charge is 0.444 e. The average Bonchev–Trinajstić information content (AvgIpc) is 3.12. The first-order valence-electron chi connectivity index (χ1n) is 13.2. The summed E-state index contributed by atoms with van der Waals surface area (Å²) in [6.07, 6.45) is 1.79. The van der Waals surface area contributed by atoms with E-state index in [1.165, 1.54) is 5.06 Å². The van der Waals surface area contributed by atoms with Crippen molar-refractivity contribution in [3.63, 3.8) is 0 Å². The molecule has 1 aromatic rings. The highest BCUT2D eigenvalue weighted by Crippen LogP contribution is 2.30. The molecule has 1 aromatic carbocycles. The molecule has 4 rings (SSSR count). The zero-order valence-corrected chi connectivity index (χ0v) is 22.1. The van der Waals surface area contributed by atoms with Crippen molar-refractivity contribution in [2.75, 3.05) is 45.8 Å². The van der Waals surface area contributed by atoms with Gasteiger partial charge in [0.2, 0.25) is 5.91 Å². The zero-order valence-electron chi connectivity index (χ0n) is 22.1. The van der Waals surface area contributed by atoms with Gasteiger partial charge >= 0.3 is 12.1 Å². The van der Waals surface area contributed by atoms with Gasteiger partial charge in [-0.05, 0) is 39.2 Å². The van der Waals surface area contributed by atoms with Gasteiger partial charge in [-0.25, -0.2) is 15.0 Å². The minimum absolute atomic E-state index is 0.00954. The lowest BCUT2D eigenvalue weighted by molar-refractivity contribution is -0.140. The first-order valence-corrected chi connectivity index (χ1v) is 13.2. The number of carbonyl (C=O) groups excluding carboxylic acids is 3. The SMILES string of the molecule is CC(C)(C)OC(=O)N1CCN(CCC(=O)NNCC2CC[C@@H]3CN2C(=O)N3OCc2ccccc2)CC1. The number of nitrogens with zero attached hydrogens (tertiary/aromatic N) is 4. The number of carbonyl (C=O) groups is 3. The van der Waals surface area contributed by atoms with Crippen LogP contribution in [0, 0.1) is 0 Å².